The van der Waals surface area contributed by atoms with E-state index in [1.165, 1.54) is 18.4 Å². The Hall–Kier alpha value is -1.63. The van der Waals surface area contributed by atoms with E-state index in [0.717, 1.165) is 37.4 Å². The molecule has 1 aromatic carbocycles. The minimum absolute atomic E-state index is 0.0180. The number of benzene rings is 1. The number of amides is 1. The molecule has 4 N–H and O–H groups in total. The Morgan fingerprint density at radius 2 is 2.06 bits per heavy atom. The van der Waals surface area contributed by atoms with Crippen LogP contribution in [-0.2, 0) is 16.6 Å². The molecule has 1 aromatic rings. The maximum atomic E-state index is 12.6. The van der Waals surface area contributed by atoms with Crippen molar-refractivity contribution in [3.63, 3.8) is 0 Å². The first-order valence-corrected chi connectivity index (χ1v) is 12.4. The van der Waals surface area contributed by atoms with Crippen molar-refractivity contribution in [3.05, 3.63) is 29.3 Å². The van der Waals surface area contributed by atoms with Crippen LogP contribution in [0.1, 0.15) is 63.5 Å². The first-order valence-electron chi connectivity index (χ1n) is 12.4. The summed E-state index contributed by atoms with van der Waals surface area (Å²) < 4.78 is 0. The van der Waals surface area contributed by atoms with Crippen molar-refractivity contribution in [1.82, 2.24) is 10.2 Å². The van der Waals surface area contributed by atoms with Crippen LogP contribution in [0.4, 0.5) is 0 Å². The Morgan fingerprint density at radius 1 is 1.28 bits per heavy atom. The molecule has 4 aliphatic carbocycles. The summed E-state index contributed by atoms with van der Waals surface area (Å²) in [5, 5.41) is 37.2. The zero-order chi connectivity index (χ0) is 22.5. The lowest BCUT2D eigenvalue weighted by Crippen LogP contribution is -2.73. The quantitative estimate of drug-likeness (QED) is 0.563. The van der Waals surface area contributed by atoms with Crippen molar-refractivity contribution in [3.8, 4) is 5.75 Å². The number of aromatic hydroxyl groups is 1. The van der Waals surface area contributed by atoms with E-state index in [1.807, 2.05) is 26.0 Å². The maximum Gasteiger partial charge on any atom is 0.220 e. The number of phenolic OH excluding ortho intramolecular Hbond substituents is 1. The van der Waals surface area contributed by atoms with Crippen LogP contribution in [0.15, 0.2) is 18.2 Å². The van der Waals surface area contributed by atoms with Crippen LogP contribution in [0.25, 0.3) is 0 Å². The molecule has 2 bridgehead atoms. The van der Waals surface area contributed by atoms with E-state index in [2.05, 4.69) is 10.2 Å². The number of nitrogens with zero attached hydrogens (tertiary/aromatic N) is 1. The summed E-state index contributed by atoms with van der Waals surface area (Å²) in [5.74, 6) is 1.15. The number of aliphatic hydroxyl groups is 2. The summed E-state index contributed by atoms with van der Waals surface area (Å²) in [5.41, 5.74) is 0.618. The van der Waals surface area contributed by atoms with Gasteiger partial charge in [-0.3, -0.25) is 9.69 Å². The predicted molar refractivity (Wildman–Crippen MR) is 120 cm³/mol. The van der Waals surface area contributed by atoms with Crippen molar-refractivity contribution in [1.29, 1.82) is 0 Å². The number of fused-ring (bicyclic) bond motifs is 2. The molecule has 1 heterocycles. The molecule has 32 heavy (non-hydrogen) atoms. The van der Waals surface area contributed by atoms with Crippen molar-refractivity contribution in [2.45, 2.75) is 88.0 Å². The maximum absolute atomic E-state index is 12.6. The van der Waals surface area contributed by atoms with Crippen molar-refractivity contribution in [2.24, 2.45) is 17.3 Å². The monoisotopic (exact) mass is 440 g/mol. The normalized spacial score (nSPS) is 42.1. The fraction of sp³-hybridized carbons (Fsp3) is 0.731. The predicted octanol–water partition coefficient (Wildman–Crippen LogP) is 2.09. The molecule has 6 heteroatoms. The molecule has 2 spiro atoms. The molecule has 174 valence electrons. The van der Waals surface area contributed by atoms with Crippen molar-refractivity contribution >= 4 is 5.91 Å². The number of carbonyl (C=O) groups excluding carboxylic acids is 1. The summed E-state index contributed by atoms with van der Waals surface area (Å²) in [7, 11) is 0. The Labute approximate surface area is 190 Å². The van der Waals surface area contributed by atoms with Crippen LogP contribution in [0.2, 0.25) is 0 Å². The minimum Gasteiger partial charge on any atom is -0.508 e. The number of rotatable bonds is 5. The molecular weight excluding hydrogens is 404 g/mol. The highest BCUT2D eigenvalue weighted by atomic mass is 16.3. The third kappa shape index (κ3) is 2.78. The van der Waals surface area contributed by atoms with E-state index in [-0.39, 0.29) is 29.0 Å². The van der Waals surface area contributed by atoms with Crippen LogP contribution < -0.4 is 5.32 Å². The van der Waals surface area contributed by atoms with Gasteiger partial charge in [0.2, 0.25) is 5.91 Å². The number of hydrogen-bond acceptors (Lipinski definition) is 5. The number of hydrogen-bond donors (Lipinski definition) is 4. The van der Waals surface area contributed by atoms with E-state index in [9.17, 15) is 20.1 Å². The van der Waals surface area contributed by atoms with Crippen molar-refractivity contribution in [2.75, 3.05) is 13.1 Å². The second-order valence-corrected chi connectivity index (χ2v) is 12.1. The van der Waals surface area contributed by atoms with Gasteiger partial charge in [-0.25, -0.2) is 0 Å². The Balaban J connectivity index is 1.40. The van der Waals surface area contributed by atoms with Crippen LogP contribution in [0.5, 0.6) is 5.75 Å². The molecule has 3 saturated carbocycles. The summed E-state index contributed by atoms with van der Waals surface area (Å²) in [6, 6.07) is 5.19. The summed E-state index contributed by atoms with van der Waals surface area (Å²) in [4.78, 5) is 15.1. The first-order chi connectivity index (χ1) is 15.2. The molecule has 0 radical (unpaired) electrons. The average molecular weight is 441 g/mol. The molecule has 1 aliphatic heterocycles. The van der Waals surface area contributed by atoms with E-state index in [1.54, 1.807) is 6.07 Å². The van der Waals surface area contributed by atoms with Gasteiger partial charge in [-0.05, 0) is 67.2 Å². The highest BCUT2D eigenvalue weighted by Gasteiger charge is 2.79. The fourth-order valence-corrected chi connectivity index (χ4v) is 8.14. The number of likely N-dealkylation sites (tertiary alicyclic amines) is 1. The molecule has 0 aromatic heterocycles. The lowest BCUT2D eigenvalue weighted by molar-refractivity contribution is -0.171. The molecule has 6 rings (SSSR count). The number of phenols is 1. The molecule has 6 unspecified atom stereocenters. The SMILES string of the molecule is CC(C)CC(=O)NC1CC2(O)C3N(CC4CC4)CC34Cc3ccc(O)cc3C2(CC1O)C4. The summed E-state index contributed by atoms with van der Waals surface area (Å²) in [6.45, 7) is 6.06. The van der Waals surface area contributed by atoms with Gasteiger partial charge < -0.3 is 20.6 Å². The van der Waals surface area contributed by atoms with Crippen LogP contribution in [0, 0.1) is 17.3 Å². The van der Waals surface area contributed by atoms with Gasteiger partial charge in [0.15, 0.2) is 0 Å². The van der Waals surface area contributed by atoms with Gasteiger partial charge in [0.05, 0.1) is 17.7 Å². The largest absolute Gasteiger partial charge is 0.508 e. The zero-order valence-corrected chi connectivity index (χ0v) is 19.2. The van der Waals surface area contributed by atoms with E-state index in [4.69, 9.17) is 0 Å². The number of carbonyl (C=O) groups is 1. The zero-order valence-electron chi connectivity index (χ0n) is 19.2. The second kappa shape index (κ2) is 6.71. The lowest BCUT2D eigenvalue weighted by Gasteiger charge is -2.59. The minimum atomic E-state index is -1.03. The molecule has 1 saturated heterocycles. The molecule has 4 fully saturated rings. The molecule has 6 atom stereocenters. The van der Waals surface area contributed by atoms with Crippen LogP contribution in [-0.4, -0.2) is 63.0 Å². The van der Waals surface area contributed by atoms with E-state index in [0.29, 0.717) is 19.3 Å². The van der Waals surface area contributed by atoms with Crippen molar-refractivity contribution < 1.29 is 20.1 Å². The van der Waals surface area contributed by atoms with Gasteiger partial charge in [0.25, 0.3) is 0 Å². The van der Waals surface area contributed by atoms with Crippen LogP contribution >= 0.6 is 0 Å². The Kier molecular flexibility index (Phi) is 4.39. The third-order valence-electron chi connectivity index (χ3n) is 9.23. The van der Waals surface area contributed by atoms with Crippen LogP contribution in [0.3, 0.4) is 0 Å². The summed E-state index contributed by atoms with van der Waals surface area (Å²) >= 11 is 0. The van der Waals surface area contributed by atoms with Gasteiger partial charge in [0, 0.05) is 42.8 Å². The average Bonchev–Trinajstić information content (AvgIpc) is 3.47. The third-order valence-corrected chi connectivity index (χ3v) is 9.23. The van der Waals surface area contributed by atoms with Gasteiger partial charge >= 0.3 is 0 Å². The highest BCUT2D eigenvalue weighted by Crippen LogP contribution is 2.71. The standard InChI is InChI=1S/C26H36N2O4/c1-15(2)7-22(31)27-20-10-26(32)23-24(14-28(23)12-16-3-4-16)9-17-5-6-18(29)8-19(17)25(26,13-24)11-21(20)30/h5-6,8,15-16,20-21,23,29-30,32H,3-4,7,9-14H2,1-2H3,(H,27,31). The second-order valence-electron chi connectivity index (χ2n) is 12.1. The first kappa shape index (κ1) is 20.9. The molecular formula is C26H36N2O4. The van der Waals surface area contributed by atoms with Gasteiger partial charge in [-0.2, -0.15) is 0 Å². The van der Waals surface area contributed by atoms with Gasteiger partial charge in [-0.1, -0.05) is 19.9 Å². The number of aliphatic hydroxyl groups excluding tert-OH is 1. The summed E-state index contributed by atoms with van der Waals surface area (Å²) in [6.07, 6.45) is 4.81. The fourth-order valence-electron chi connectivity index (χ4n) is 8.14. The van der Waals surface area contributed by atoms with E-state index >= 15 is 0 Å². The van der Waals surface area contributed by atoms with Gasteiger partial charge in [0.1, 0.15) is 5.75 Å². The lowest BCUT2D eigenvalue weighted by atomic mass is 9.57. The Morgan fingerprint density at radius 3 is 2.78 bits per heavy atom. The topological polar surface area (TPSA) is 93.0 Å². The molecule has 1 amide bonds. The highest BCUT2D eigenvalue weighted by molar-refractivity contribution is 5.76. The smallest absolute Gasteiger partial charge is 0.220 e. The van der Waals surface area contributed by atoms with Gasteiger partial charge in [-0.15, -0.1) is 0 Å². The Bertz CT molecular complexity index is 961. The van der Waals surface area contributed by atoms with E-state index < -0.39 is 23.2 Å². The number of nitrogens with one attached hydrogen (secondary N) is 1. The molecule has 5 aliphatic rings. The molecule has 6 nitrogen and oxygen atoms in total.